The van der Waals surface area contributed by atoms with Crippen molar-refractivity contribution >= 4 is 17.4 Å². The van der Waals surface area contributed by atoms with Crippen molar-refractivity contribution in [3.8, 4) is 0 Å². The number of carbonyl (C=O) groups is 2. The second kappa shape index (κ2) is 6.91. The number of ketones is 1. The number of nitrogens with zero attached hydrogens (tertiary/aromatic N) is 1. The molecular formula is C23H23NO4. The number of hydrogen-bond donors (Lipinski definition) is 0. The van der Waals surface area contributed by atoms with Crippen molar-refractivity contribution in [1.29, 1.82) is 0 Å². The molecule has 5 heteroatoms. The molecule has 5 nitrogen and oxygen atoms in total. The summed E-state index contributed by atoms with van der Waals surface area (Å²) in [5.41, 5.74) is 1.11. The Labute approximate surface area is 164 Å². The molecule has 4 rings (SSSR count). The Morgan fingerprint density at radius 3 is 2.29 bits per heavy atom. The SMILES string of the molecule is C[C@@H]1OC(c2ccccc2)=C(C(=O)c2ccccc2)[C@@H]2OCC(C)(C)N2C1=O. The Morgan fingerprint density at radius 1 is 1.04 bits per heavy atom. The van der Waals surface area contributed by atoms with Crippen molar-refractivity contribution in [2.24, 2.45) is 0 Å². The summed E-state index contributed by atoms with van der Waals surface area (Å²) >= 11 is 0. The number of ether oxygens (including phenoxy) is 2. The largest absolute Gasteiger partial charge is 0.480 e. The van der Waals surface area contributed by atoms with Crippen LogP contribution in [0.5, 0.6) is 0 Å². The molecule has 1 fully saturated rings. The van der Waals surface area contributed by atoms with E-state index in [9.17, 15) is 9.59 Å². The molecule has 0 aromatic heterocycles. The molecule has 2 aliphatic rings. The van der Waals surface area contributed by atoms with Gasteiger partial charge in [0.2, 0.25) is 0 Å². The second-order valence-corrected chi connectivity index (χ2v) is 7.75. The monoisotopic (exact) mass is 377 g/mol. The molecular weight excluding hydrogens is 354 g/mol. The van der Waals surface area contributed by atoms with Crippen LogP contribution in [0.15, 0.2) is 66.2 Å². The number of benzene rings is 2. The molecule has 2 heterocycles. The van der Waals surface area contributed by atoms with Crippen molar-refractivity contribution in [1.82, 2.24) is 4.90 Å². The van der Waals surface area contributed by atoms with E-state index in [-0.39, 0.29) is 11.7 Å². The van der Waals surface area contributed by atoms with Crippen molar-refractivity contribution in [2.75, 3.05) is 6.61 Å². The summed E-state index contributed by atoms with van der Waals surface area (Å²) in [7, 11) is 0. The molecule has 2 aromatic carbocycles. The fraction of sp³-hybridized carbons (Fsp3) is 0.304. The van der Waals surface area contributed by atoms with Crippen molar-refractivity contribution in [3.05, 3.63) is 77.4 Å². The van der Waals surface area contributed by atoms with E-state index >= 15 is 0 Å². The number of hydrogen-bond acceptors (Lipinski definition) is 4. The molecule has 144 valence electrons. The third kappa shape index (κ3) is 3.02. The Kier molecular flexibility index (Phi) is 4.55. The summed E-state index contributed by atoms with van der Waals surface area (Å²) < 4.78 is 12.1. The summed E-state index contributed by atoms with van der Waals surface area (Å²) in [4.78, 5) is 28.3. The zero-order valence-electron chi connectivity index (χ0n) is 16.2. The molecule has 0 radical (unpaired) electrons. The highest BCUT2D eigenvalue weighted by Gasteiger charge is 2.51. The molecule has 1 saturated heterocycles. The maximum atomic E-state index is 13.5. The van der Waals surface area contributed by atoms with Gasteiger partial charge in [-0.25, -0.2) is 0 Å². The standard InChI is InChI=1S/C23H23NO4/c1-15-21(26)24-22(27-14-23(24,2)3)18(19(25)16-10-6-4-7-11-16)20(28-15)17-12-8-5-9-13-17/h4-13,15,22H,14H2,1-3H3/t15-,22-/m0/s1. The zero-order chi connectivity index (χ0) is 19.9. The van der Waals surface area contributed by atoms with Crippen LogP contribution in [-0.4, -0.2) is 41.1 Å². The van der Waals surface area contributed by atoms with Gasteiger partial charge < -0.3 is 14.4 Å². The first-order chi connectivity index (χ1) is 13.4. The molecule has 0 unspecified atom stereocenters. The van der Waals surface area contributed by atoms with Crippen LogP contribution in [0.25, 0.3) is 5.76 Å². The minimum absolute atomic E-state index is 0.184. The van der Waals surface area contributed by atoms with Gasteiger partial charge in [0, 0.05) is 11.1 Å². The summed E-state index contributed by atoms with van der Waals surface area (Å²) in [6.07, 6.45) is -1.50. The van der Waals surface area contributed by atoms with E-state index in [4.69, 9.17) is 9.47 Å². The lowest BCUT2D eigenvalue weighted by molar-refractivity contribution is -0.144. The molecule has 28 heavy (non-hydrogen) atoms. The number of fused-ring (bicyclic) bond motifs is 1. The Morgan fingerprint density at radius 2 is 1.64 bits per heavy atom. The first kappa shape index (κ1) is 18.4. The average molecular weight is 377 g/mol. The first-order valence-corrected chi connectivity index (χ1v) is 9.41. The third-order valence-corrected chi connectivity index (χ3v) is 5.17. The van der Waals surface area contributed by atoms with Gasteiger partial charge in [0.15, 0.2) is 18.1 Å². The zero-order valence-corrected chi connectivity index (χ0v) is 16.2. The maximum absolute atomic E-state index is 13.5. The Hall–Kier alpha value is -2.92. The van der Waals surface area contributed by atoms with E-state index in [1.807, 2.05) is 62.4 Å². The van der Waals surface area contributed by atoms with Gasteiger partial charge in [0.1, 0.15) is 5.76 Å². The average Bonchev–Trinajstić information content (AvgIpc) is 2.96. The van der Waals surface area contributed by atoms with Crippen molar-refractivity contribution < 1.29 is 19.1 Å². The number of amides is 1. The fourth-order valence-corrected chi connectivity index (χ4v) is 3.74. The summed E-state index contributed by atoms with van der Waals surface area (Å²) in [6.45, 7) is 5.95. The van der Waals surface area contributed by atoms with Gasteiger partial charge in [0.05, 0.1) is 17.7 Å². The van der Waals surface area contributed by atoms with E-state index in [0.29, 0.717) is 23.5 Å². The Bertz CT molecular complexity index is 934. The Balaban J connectivity index is 1.95. The second-order valence-electron chi connectivity index (χ2n) is 7.75. The molecule has 0 aliphatic carbocycles. The van der Waals surface area contributed by atoms with Gasteiger partial charge in [-0.3, -0.25) is 9.59 Å². The fourth-order valence-electron chi connectivity index (χ4n) is 3.74. The van der Waals surface area contributed by atoms with Gasteiger partial charge in [-0.2, -0.15) is 0 Å². The predicted octanol–water partition coefficient (Wildman–Crippen LogP) is 3.66. The van der Waals surface area contributed by atoms with E-state index in [1.54, 1.807) is 24.0 Å². The lowest BCUT2D eigenvalue weighted by Crippen LogP contribution is -2.51. The van der Waals surface area contributed by atoms with Gasteiger partial charge in [0.25, 0.3) is 5.91 Å². The van der Waals surface area contributed by atoms with Crippen LogP contribution in [0.4, 0.5) is 0 Å². The highest BCUT2D eigenvalue weighted by molar-refractivity contribution is 6.14. The third-order valence-electron chi connectivity index (χ3n) is 5.17. The summed E-state index contributed by atoms with van der Waals surface area (Å²) in [5, 5.41) is 0. The van der Waals surface area contributed by atoms with Crippen LogP contribution >= 0.6 is 0 Å². The van der Waals surface area contributed by atoms with E-state index in [0.717, 1.165) is 5.56 Å². The molecule has 0 spiro atoms. The summed E-state index contributed by atoms with van der Waals surface area (Å²) in [6, 6.07) is 18.4. The van der Waals surface area contributed by atoms with E-state index < -0.39 is 17.9 Å². The van der Waals surface area contributed by atoms with Crippen LogP contribution in [0.2, 0.25) is 0 Å². The number of rotatable bonds is 3. The topological polar surface area (TPSA) is 55.8 Å². The minimum atomic E-state index is -0.782. The van der Waals surface area contributed by atoms with Crippen molar-refractivity contribution in [3.63, 3.8) is 0 Å². The van der Waals surface area contributed by atoms with Crippen molar-refractivity contribution in [2.45, 2.75) is 38.6 Å². The van der Waals surface area contributed by atoms with Crippen LogP contribution in [-0.2, 0) is 14.3 Å². The molecule has 0 bridgehead atoms. The summed E-state index contributed by atoms with van der Waals surface area (Å²) in [5.74, 6) is 0.0198. The van der Waals surface area contributed by atoms with E-state index in [2.05, 4.69) is 0 Å². The lowest BCUT2D eigenvalue weighted by Gasteiger charge is -2.33. The molecule has 2 atom stereocenters. The number of carbonyl (C=O) groups excluding carboxylic acids is 2. The predicted molar refractivity (Wildman–Crippen MR) is 105 cm³/mol. The number of Topliss-reactive ketones (excluding diaryl/α,β-unsaturated/α-hetero) is 1. The maximum Gasteiger partial charge on any atom is 0.266 e. The lowest BCUT2D eigenvalue weighted by atomic mass is 9.96. The quantitative estimate of drug-likeness (QED) is 0.766. The molecule has 2 aromatic rings. The smallest absolute Gasteiger partial charge is 0.266 e. The molecule has 2 aliphatic heterocycles. The first-order valence-electron chi connectivity index (χ1n) is 9.41. The molecule has 0 N–H and O–H groups in total. The highest BCUT2D eigenvalue weighted by Crippen LogP contribution is 2.39. The van der Waals surface area contributed by atoms with Crippen LogP contribution < -0.4 is 0 Å². The molecule has 0 saturated carbocycles. The van der Waals surface area contributed by atoms with Gasteiger partial charge >= 0.3 is 0 Å². The van der Waals surface area contributed by atoms with Crippen LogP contribution in [0.1, 0.15) is 36.7 Å². The highest BCUT2D eigenvalue weighted by atomic mass is 16.5. The molecule has 1 amide bonds. The van der Waals surface area contributed by atoms with Crippen LogP contribution in [0, 0.1) is 0 Å². The normalized spacial score (nSPS) is 23.8. The van der Waals surface area contributed by atoms with Gasteiger partial charge in [-0.15, -0.1) is 0 Å². The van der Waals surface area contributed by atoms with Gasteiger partial charge in [-0.05, 0) is 20.8 Å². The van der Waals surface area contributed by atoms with Gasteiger partial charge in [-0.1, -0.05) is 60.7 Å². The van der Waals surface area contributed by atoms with Crippen LogP contribution in [0.3, 0.4) is 0 Å². The minimum Gasteiger partial charge on any atom is -0.480 e. The van der Waals surface area contributed by atoms with E-state index in [1.165, 1.54) is 0 Å².